The van der Waals surface area contributed by atoms with Gasteiger partial charge < -0.3 is 9.84 Å². The number of hydrogen-bond donors (Lipinski definition) is 1. The Morgan fingerprint density at radius 2 is 2.12 bits per heavy atom. The first-order chi connectivity index (χ1) is 7.41. The van der Waals surface area contributed by atoms with Crippen molar-refractivity contribution in [2.75, 3.05) is 0 Å². The number of carbonyl (C=O) groups excluding carboxylic acids is 1. The smallest absolute Gasteiger partial charge is 0.334 e. The van der Waals surface area contributed by atoms with Gasteiger partial charge in [-0.1, -0.05) is 19.1 Å². The van der Waals surface area contributed by atoms with E-state index in [0.29, 0.717) is 5.92 Å². The van der Waals surface area contributed by atoms with Crippen molar-refractivity contribution < 1.29 is 14.6 Å². The highest BCUT2D eigenvalue weighted by Crippen LogP contribution is 2.34. The number of carbonyl (C=O) groups is 1. The van der Waals surface area contributed by atoms with Gasteiger partial charge in [0.05, 0.1) is 0 Å². The molecule has 1 aliphatic carbocycles. The summed E-state index contributed by atoms with van der Waals surface area (Å²) in [5.41, 5.74) is 1.07. The Bertz CT molecular complexity index is 270. The summed E-state index contributed by atoms with van der Waals surface area (Å²) in [6.07, 6.45) is 1.90. The monoisotopic (exact) mass is 226 g/mol. The minimum atomic E-state index is -1.04. The molecule has 0 aromatic carbocycles. The number of ether oxygens (including phenoxy) is 1. The first-order valence-electron chi connectivity index (χ1n) is 5.95. The van der Waals surface area contributed by atoms with Gasteiger partial charge in [-0.2, -0.15) is 0 Å². The Hall–Kier alpha value is -0.830. The van der Waals surface area contributed by atoms with Crippen LogP contribution < -0.4 is 0 Å². The van der Waals surface area contributed by atoms with Crippen molar-refractivity contribution in [3.05, 3.63) is 12.2 Å². The van der Waals surface area contributed by atoms with Gasteiger partial charge in [-0.15, -0.1) is 0 Å². The standard InChI is InChI=1S/C13H22O3/c1-8(2)11-6-5-9(3)7-12(11)16-13(15)10(4)14/h9-12,14H,1,5-7H2,2-4H3. The third-order valence-corrected chi connectivity index (χ3v) is 3.30. The molecule has 1 saturated carbocycles. The van der Waals surface area contributed by atoms with Gasteiger partial charge in [-0.25, -0.2) is 4.79 Å². The molecule has 0 bridgehead atoms. The number of esters is 1. The fraction of sp³-hybridized carbons (Fsp3) is 0.769. The van der Waals surface area contributed by atoms with E-state index in [1.165, 1.54) is 6.92 Å². The van der Waals surface area contributed by atoms with Gasteiger partial charge in [-0.05, 0) is 39.0 Å². The Morgan fingerprint density at radius 1 is 1.50 bits per heavy atom. The lowest BCUT2D eigenvalue weighted by Crippen LogP contribution is -2.36. The summed E-state index contributed by atoms with van der Waals surface area (Å²) in [5.74, 6) is 0.298. The van der Waals surface area contributed by atoms with E-state index in [-0.39, 0.29) is 12.0 Å². The Morgan fingerprint density at radius 3 is 2.62 bits per heavy atom. The number of rotatable bonds is 3. The van der Waals surface area contributed by atoms with Crippen LogP contribution in [-0.2, 0) is 9.53 Å². The van der Waals surface area contributed by atoms with Crippen LogP contribution >= 0.6 is 0 Å². The maximum Gasteiger partial charge on any atom is 0.334 e. The van der Waals surface area contributed by atoms with Gasteiger partial charge in [-0.3, -0.25) is 0 Å². The minimum Gasteiger partial charge on any atom is -0.460 e. The zero-order valence-electron chi connectivity index (χ0n) is 10.4. The third kappa shape index (κ3) is 3.34. The number of hydrogen-bond acceptors (Lipinski definition) is 3. The predicted molar refractivity (Wildman–Crippen MR) is 62.9 cm³/mol. The molecule has 0 aromatic rings. The zero-order valence-corrected chi connectivity index (χ0v) is 10.4. The lowest BCUT2D eigenvalue weighted by atomic mass is 9.77. The quantitative estimate of drug-likeness (QED) is 0.593. The second-order valence-electron chi connectivity index (χ2n) is 5.02. The molecule has 0 aliphatic heterocycles. The molecule has 0 radical (unpaired) electrons. The average molecular weight is 226 g/mol. The van der Waals surface area contributed by atoms with Gasteiger partial charge in [0.2, 0.25) is 0 Å². The van der Waals surface area contributed by atoms with Gasteiger partial charge in [0.15, 0.2) is 0 Å². The first kappa shape index (κ1) is 13.2. The molecule has 1 N–H and O–H groups in total. The van der Waals surface area contributed by atoms with E-state index in [1.54, 1.807) is 0 Å². The van der Waals surface area contributed by atoms with Crippen LogP contribution in [0.5, 0.6) is 0 Å². The van der Waals surface area contributed by atoms with E-state index in [0.717, 1.165) is 24.8 Å². The van der Waals surface area contributed by atoms with Crippen LogP contribution in [0.15, 0.2) is 12.2 Å². The normalized spacial score (nSPS) is 31.9. The Balaban J connectivity index is 2.64. The SMILES string of the molecule is C=C(C)C1CCC(C)CC1OC(=O)C(C)O. The van der Waals surface area contributed by atoms with Crippen molar-refractivity contribution in [2.24, 2.45) is 11.8 Å². The second kappa shape index (κ2) is 5.48. The van der Waals surface area contributed by atoms with Crippen LogP contribution in [0.4, 0.5) is 0 Å². The maximum absolute atomic E-state index is 11.4. The summed E-state index contributed by atoms with van der Waals surface area (Å²) in [4.78, 5) is 11.4. The molecule has 1 aliphatic rings. The minimum absolute atomic E-state index is 0.108. The molecule has 3 heteroatoms. The molecule has 0 spiro atoms. The number of aliphatic hydroxyl groups is 1. The van der Waals surface area contributed by atoms with E-state index in [4.69, 9.17) is 9.84 Å². The molecule has 1 rings (SSSR count). The van der Waals surface area contributed by atoms with Gasteiger partial charge in [0, 0.05) is 5.92 Å². The molecule has 3 nitrogen and oxygen atoms in total. The van der Waals surface area contributed by atoms with Crippen LogP contribution in [0.1, 0.15) is 40.0 Å². The fourth-order valence-electron chi connectivity index (χ4n) is 2.27. The third-order valence-electron chi connectivity index (χ3n) is 3.30. The average Bonchev–Trinajstić information content (AvgIpc) is 2.16. The first-order valence-corrected chi connectivity index (χ1v) is 5.95. The molecule has 1 fully saturated rings. The highest BCUT2D eigenvalue weighted by molar-refractivity contribution is 5.74. The van der Waals surface area contributed by atoms with Crippen LogP contribution in [0.2, 0.25) is 0 Å². The Kier molecular flexibility index (Phi) is 4.54. The zero-order chi connectivity index (χ0) is 12.3. The van der Waals surface area contributed by atoms with E-state index in [2.05, 4.69) is 13.5 Å². The molecule has 0 heterocycles. The molecule has 0 saturated heterocycles. The summed E-state index contributed by atoms with van der Waals surface area (Å²) in [5, 5.41) is 9.15. The molecule has 16 heavy (non-hydrogen) atoms. The van der Waals surface area contributed by atoms with Crippen LogP contribution in [0.25, 0.3) is 0 Å². The van der Waals surface area contributed by atoms with Crippen LogP contribution in [0.3, 0.4) is 0 Å². The van der Waals surface area contributed by atoms with Gasteiger partial charge >= 0.3 is 5.97 Å². The van der Waals surface area contributed by atoms with Crippen molar-refractivity contribution in [3.8, 4) is 0 Å². The van der Waals surface area contributed by atoms with Crippen molar-refractivity contribution >= 4 is 5.97 Å². The van der Waals surface area contributed by atoms with E-state index >= 15 is 0 Å². The predicted octanol–water partition coefficient (Wildman–Crippen LogP) is 2.29. The summed E-state index contributed by atoms with van der Waals surface area (Å²) in [6.45, 7) is 9.53. The molecule has 4 atom stereocenters. The lowest BCUT2D eigenvalue weighted by Gasteiger charge is -2.35. The van der Waals surface area contributed by atoms with Crippen molar-refractivity contribution in [1.29, 1.82) is 0 Å². The summed E-state index contributed by atoms with van der Waals surface area (Å²) in [7, 11) is 0. The van der Waals surface area contributed by atoms with Gasteiger partial charge in [0.1, 0.15) is 12.2 Å². The molecular weight excluding hydrogens is 204 g/mol. The number of aliphatic hydroxyl groups excluding tert-OH is 1. The van der Waals surface area contributed by atoms with Gasteiger partial charge in [0.25, 0.3) is 0 Å². The van der Waals surface area contributed by atoms with Crippen LogP contribution in [-0.4, -0.2) is 23.3 Å². The summed E-state index contributed by atoms with van der Waals surface area (Å²) >= 11 is 0. The Labute approximate surface area is 97.5 Å². The molecule has 4 unspecified atom stereocenters. The largest absolute Gasteiger partial charge is 0.460 e. The molecule has 92 valence electrons. The summed E-state index contributed by atoms with van der Waals surface area (Å²) < 4.78 is 5.35. The van der Waals surface area contributed by atoms with Crippen molar-refractivity contribution in [1.82, 2.24) is 0 Å². The second-order valence-corrected chi connectivity index (χ2v) is 5.02. The highest BCUT2D eigenvalue weighted by atomic mass is 16.6. The topological polar surface area (TPSA) is 46.5 Å². The lowest BCUT2D eigenvalue weighted by molar-refractivity contribution is -0.162. The highest BCUT2D eigenvalue weighted by Gasteiger charge is 2.32. The molecule has 0 amide bonds. The molecule has 0 aromatic heterocycles. The summed E-state index contributed by atoms with van der Waals surface area (Å²) in [6, 6.07) is 0. The molecular formula is C13H22O3. The van der Waals surface area contributed by atoms with Crippen LogP contribution in [0, 0.1) is 11.8 Å². The van der Waals surface area contributed by atoms with E-state index in [9.17, 15) is 4.79 Å². The van der Waals surface area contributed by atoms with Crippen molar-refractivity contribution in [2.45, 2.75) is 52.2 Å². The van der Waals surface area contributed by atoms with E-state index < -0.39 is 12.1 Å². The van der Waals surface area contributed by atoms with Crippen molar-refractivity contribution in [3.63, 3.8) is 0 Å². The fourth-order valence-corrected chi connectivity index (χ4v) is 2.27. The maximum atomic E-state index is 11.4. The van der Waals surface area contributed by atoms with E-state index in [1.807, 2.05) is 6.92 Å².